The predicted octanol–water partition coefficient (Wildman–Crippen LogP) is 4.40. The molecule has 3 aromatic rings. The Morgan fingerprint density at radius 1 is 1.05 bits per heavy atom. The molecule has 0 saturated carbocycles. The van der Waals surface area contributed by atoms with Crippen LogP contribution in [0, 0.1) is 11.6 Å². The van der Waals surface area contributed by atoms with Crippen molar-refractivity contribution < 1.29 is 13.6 Å². The van der Waals surface area contributed by atoms with Crippen molar-refractivity contribution in [1.29, 1.82) is 0 Å². The van der Waals surface area contributed by atoms with Gasteiger partial charge in [-0.2, -0.15) is 0 Å². The smallest absolute Gasteiger partial charge is 0.196 e. The molecule has 0 atom stereocenters. The molecule has 0 spiro atoms. The van der Waals surface area contributed by atoms with Crippen LogP contribution >= 0.6 is 11.6 Å². The molecule has 2 nitrogen and oxygen atoms in total. The van der Waals surface area contributed by atoms with Gasteiger partial charge in [0.05, 0.1) is 16.1 Å². The third-order valence-electron chi connectivity index (χ3n) is 3.12. The van der Waals surface area contributed by atoms with E-state index in [1.807, 2.05) is 0 Å². The lowest BCUT2D eigenvalue weighted by molar-refractivity contribution is 0.103. The minimum Gasteiger partial charge on any atom is -0.288 e. The molecular weight excluding hydrogens is 296 g/mol. The molecule has 0 bridgehead atoms. The Hall–Kier alpha value is -2.33. The van der Waals surface area contributed by atoms with Crippen molar-refractivity contribution in [3.63, 3.8) is 0 Å². The second-order valence-corrected chi connectivity index (χ2v) is 4.89. The normalized spacial score (nSPS) is 10.8. The lowest BCUT2D eigenvalue weighted by Crippen LogP contribution is -2.05. The van der Waals surface area contributed by atoms with Gasteiger partial charge in [0.25, 0.3) is 0 Å². The Labute approximate surface area is 124 Å². The van der Waals surface area contributed by atoms with Crippen molar-refractivity contribution in [1.82, 2.24) is 4.98 Å². The number of aromatic nitrogens is 1. The number of ketones is 1. The highest BCUT2D eigenvalue weighted by Crippen LogP contribution is 2.23. The molecule has 0 N–H and O–H groups in total. The topological polar surface area (TPSA) is 30.0 Å². The second kappa shape index (κ2) is 5.22. The van der Waals surface area contributed by atoms with Gasteiger partial charge in [-0.3, -0.25) is 9.78 Å². The van der Waals surface area contributed by atoms with E-state index in [1.165, 1.54) is 6.07 Å². The van der Waals surface area contributed by atoms with Gasteiger partial charge in [0.1, 0.15) is 11.6 Å². The Bertz CT molecular complexity index is 864. The van der Waals surface area contributed by atoms with Crippen LogP contribution in [0.25, 0.3) is 10.9 Å². The standard InChI is InChI=1S/C16H8ClF2NO/c17-12-8-13(18)11(7-14(12)19)16(21)10-3-4-15-9(6-10)2-1-5-20-15/h1-8H. The van der Waals surface area contributed by atoms with Crippen LogP contribution in [0.2, 0.25) is 5.02 Å². The molecule has 1 heterocycles. The highest BCUT2D eigenvalue weighted by molar-refractivity contribution is 6.31. The molecule has 0 aliphatic rings. The second-order valence-electron chi connectivity index (χ2n) is 4.49. The van der Waals surface area contributed by atoms with E-state index in [1.54, 1.807) is 30.5 Å². The maximum absolute atomic E-state index is 13.8. The average Bonchev–Trinajstić information content (AvgIpc) is 2.50. The van der Waals surface area contributed by atoms with Crippen LogP contribution in [0.5, 0.6) is 0 Å². The number of pyridine rings is 1. The highest BCUT2D eigenvalue weighted by atomic mass is 35.5. The van der Waals surface area contributed by atoms with Crippen molar-refractivity contribution >= 4 is 28.3 Å². The zero-order valence-electron chi connectivity index (χ0n) is 10.6. The number of hydrogen-bond donors (Lipinski definition) is 0. The van der Waals surface area contributed by atoms with Crippen LogP contribution in [0.15, 0.2) is 48.7 Å². The van der Waals surface area contributed by atoms with E-state index in [2.05, 4.69) is 4.98 Å². The summed E-state index contributed by atoms with van der Waals surface area (Å²) < 4.78 is 27.2. The number of nitrogens with zero attached hydrogens (tertiary/aromatic N) is 1. The Balaban J connectivity index is 2.10. The molecule has 104 valence electrons. The van der Waals surface area contributed by atoms with E-state index in [0.29, 0.717) is 0 Å². The Kier molecular flexibility index (Phi) is 3.39. The maximum Gasteiger partial charge on any atom is 0.196 e. The summed E-state index contributed by atoms with van der Waals surface area (Å²) in [6.07, 6.45) is 1.64. The number of carbonyl (C=O) groups is 1. The summed E-state index contributed by atoms with van der Waals surface area (Å²) in [5, 5.41) is 0.393. The summed E-state index contributed by atoms with van der Waals surface area (Å²) in [5.41, 5.74) is 0.632. The third-order valence-corrected chi connectivity index (χ3v) is 3.41. The zero-order chi connectivity index (χ0) is 15.0. The zero-order valence-corrected chi connectivity index (χ0v) is 11.4. The predicted molar refractivity (Wildman–Crippen MR) is 76.5 cm³/mol. The fraction of sp³-hybridized carbons (Fsp3) is 0. The number of rotatable bonds is 2. The largest absolute Gasteiger partial charge is 0.288 e. The summed E-state index contributed by atoms with van der Waals surface area (Å²) in [6, 6.07) is 9.92. The van der Waals surface area contributed by atoms with Gasteiger partial charge in [-0.1, -0.05) is 17.7 Å². The molecule has 2 aromatic carbocycles. The molecule has 0 radical (unpaired) electrons. The first kappa shape index (κ1) is 13.6. The molecule has 0 fully saturated rings. The average molecular weight is 304 g/mol. The van der Waals surface area contributed by atoms with Crippen LogP contribution in [0.4, 0.5) is 8.78 Å². The van der Waals surface area contributed by atoms with Gasteiger partial charge >= 0.3 is 0 Å². The molecule has 0 aliphatic carbocycles. The van der Waals surface area contributed by atoms with Gasteiger partial charge in [-0.05, 0) is 36.4 Å². The first-order valence-electron chi connectivity index (χ1n) is 6.10. The van der Waals surface area contributed by atoms with E-state index in [0.717, 1.165) is 23.0 Å². The summed E-state index contributed by atoms with van der Waals surface area (Å²) in [7, 11) is 0. The van der Waals surface area contributed by atoms with Gasteiger partial charge in [0.2, 0.25) is 0 Å². The molecule has 0 aliphatic heterocycles. The molecule has 21 heavy (non-hydrogen) atoms. The highest BCUT2D eigenvalue weighted by Gasteiger charge is 2.17. The monoisotopic (exact) mass is 303 g/mol. The number of carbonyl (C=O) groups excluding carboxylic acids is 1. The van der Waals surface area contributed by atoms with E-state index < -0.39 is 17.4 Å². The summed E-state index contributed by atoms with van der Waals surface area (Å²) >= 11 is 5.48. The van der Waals surface area contributed by atoms with Crippen LogP contribution in [0.1, 0.15) is 15.9 Å². The molecule has 0 saturated heterocycles. The van der Waals surface area contributed by atoms with Crippen LogP contribution < -0.4 is 0 Å². The van der Waals surface area contributed by atoms with Crippen LogP contribution in [-0.4, -0.2) is 10.8 Å². The van der Waals surface area contributed by atoms with Gasteiger partial charge in [-0.15, -0.1) is 0 Å². The van der Waals surface area contributed by atoms with Crippen molar-refractivity contribution in [2.24, 2.45) is 0 Å². The number of halogens is 3. The van der Waals surface area contributed by atoms with E-state index in [4.69, 9.17) is 11.6 Å². The molecule has 5 heteroatoms. The lowest BCUT2D eigenvalue weighted by atomic mass is 10.0. The van der Waals surface area contributed by atoms with Crippen molar-refractivity contribution in [2.45, 2.75) is 0 Å². The lowest BCUT2D eigenvalue weighted by Gasteiger charge is -2.05. The quantitative estimate of drug-likeness (QED) is 0.519. The number of hydrogen-bond acceptors (Lipinski definition) is 2. The van der Waals surface area contributed by atoms with Gasteiger partial charge in [0.15, 0.2) is 5.78 Å². The number of fused-ring (bicyclic) bond motifs is 1. The molecular formula is C16H8ClF2NO. The summed E-state index contributed by atoms with van der Waals surface area (Å²) in [4.78, 5) is 16.4. The fourth-order valence-corrected chi connectivity index (χ4v) is 2.22. The van der Waals surface area contributed by atoms with Crippen molar-refractivity contribution in [2.75, 3.05) is 0 Å². The van der Waals surface area contributed by atoms with Gasteiger partial charge in [0, 0.05) is 17.1 Å². The van der Waals surface area contributed by atoms with Crippen molar-refractivity contribution in [3.05, 3.63) is 76.4 Å². The molecule has 3 rings (SSSR count). The van der Waals surface area contributed by atoms with E-state index in [9.17, 15) is 13.6 Å². The minimum atomic E-state index is -0.849. The van der Waals surface area contributed by atoms with Crippen LogP contribution in [0.3, 0.4) is 0 Å². The van der Waals surface area contributed by atoms with Crippen LogP contribution in [-0.2, 0) is 0 Å². The minimum absolute atomic E-state index is 0.260. The number of benzene rings is 2. The Morgan fingerprint density at radius 3 is 2.67 bits per heavy atom. The SMILES string of the molecule is O=C(c1ccc2ncccc2c1)c1cc(F)c(Cl)cc1F. The third kappa shape index (κ3) is 2.50. The van der Waals surface area contributed by atoms with E-state index >= 15 is 0 Å². The Morgan fingerprint density at radius 2 is 1.86 bits per heavy atom. The van der Waals surface area contributed by atoms with E-state index in [-0.39, 0.29) is 16.1 Å². The summed E-state index contributed by atoms with van der Waals surface area (Å²) in [5.74, 6) is -2.28. The first-order chi connectivity index (χ1) is 10.1. The molecule has 0 amide bonds. The fourth-order valence-electron chi connectivity index (χ4n) is 2.07. The van der Waals surface area contributed by atoms with Gasteiger partial charge in [-0.25, -0.2) is 8.78 Å². The van der Waals surface area contributed by atoms with Crippen molar-refractivity contribution in [3.8, 4) is 0 Å². The first-order valence-corrected chi connectivity index (χ1v) is 6.48. The summed E-state index contributed by atoms with van der Waals surface area (Å²) in [6.45, 7) is 0. The molecule has 1 aromatic heterocycles. The van der Waals surface area contributed by atoms with Gasteiger partial charge < -0.3 is 0 Å². The maximum atomic E-state index is 13.8. The molecule has 0 unspecified atom stereocenters.